The van der Waals surface area contributed by atoms with Gasteiger partial charge < -0.3 is 9.13 Å². The van der Waals surface area contributed by atoms with Crippen molar-refractivity contribution in [1.82, 2.24) is 24.1 Å². The molecule has 0 aliphatic heterocycles. The molecule has 28 heavy (non-hydrogen) atoms. The summed E-state index contributed by atoms with van der Waals surface area (Å²) in [6.07, 6.45) is 17.7. The maximum Gasteiger partial charge on any atom is 0.0949 e. The van der Waals surface area contributed by atoms with Crippen molar-refractivity contribution >= 4 is 11.8 Å². The highest BCUT2D eigenvalue weighted by atomic mass is 32.2. The summed E-state index contributed by atoms with van der Waals surface area (Å²) in [5.41, 5.74) is 1.15. The highest BCUT2D eigenvalue weighted by Gasteiger charge is 2.40. The zero-order valence-corrected chi connectivity index (χ0v) is 17.4. The van der Waals surface area contributed by atoms with E-state index in [-0.39, 0.29) is 0 Å². The first kappa shape index (κ1) is 19.2. The van der Waals surface area contributed by atoms with Crippen molar-refractivity contribution in [1.29, 1.82) is 0 Å². The fraction of sp³-hybridized carbons (Fsp3) is 0.500. The molecular formula is C22H29N5S. The molecule has 4 atom stereocenters. The van der Waals surface area contributed by atoms with Gasteiger partial charge in [0.05, 0.1) is 30.4 Å². The Balaban J connectivity index is 1.68. The highest BCUT2D eigenvalue weighted by molar-refractivity contribution is 7.99. The van der Waals surface area contributed by atoms with Crippen LogP contribution in [0.15, 0.2) is 61.8 Å². The third-order valence-corrected chi connectivity index (χ3v) is 7.37. The van der Waals surface area contributed by atoms with Gasteiger partial charge in [-0.05, 0) is 36.8 Å². The Hall–Kier alpha value is -2.08. The summed E-state index contributed by atoms with van der Waals surface area (Å²) >= 11 is 2.04. The van der Waals surface area contributed by atoms with E-state index in [1.807, 2.05) is 49.1 Å². The van der Waals surface area contributed by atoms with E-state index in [1.165, 1.54) is 19.3 Å². The third-order valence-electron chi connectivity index (χ3n) is 5.96. The predicted molar refractivity (Wildman–Crippen MR) is 114 cm³/mol. The van der Waals surface area contributed by atoms with E-state index >= 15 is 0 Å². The molecule has 148 valence electrons. The van der Waals surface area contributed by atoms with Gasteiger partial charge >= 0.3 is 0 Å². The number of pyridine rings is 1. The third kappa shape index (κ3) is 4.17. The smallest absolute Gasteiger partial charge is 0.0949 e. The number of hydrogen-bond acceptors (Lipinski definition) is 4. The van der Waals surface area contributed by atoms with E-state index in [9.17, 15) is 0 Å². The maximum absolute atomic E-state index is 4.53. The van der Waals surface area contributed by atoms with Gasteiger partial charge in [0.2, 0.25) is 0 Å². The zero-order valence-electron chi connectivity index (χ0n) is 16.6. The molecule has 0 aromatic carbocycles. The Kier molecular flexibility index (Phi) is 6.15. The molecule has 6 heteroatoms. The standard InChI is InChI=1S/C22H29N5S/c1-17(2)19-7-5-8-20(28-14-18-6-3-4-9-25-18)22(27-13-11-24-16-27)21(19)26-12-10-23-15-26/h3-4,6,9-13,15-17,19-22H,5,7-8,14H2,1-2H3. The van der Waals surface area contributed by atoms with Crippen LogP contribution in [0.3, 0.4) is 0 Å². The maximum atomic E-state index is 4.53. The molecule has 0 saturated heterocycles. The summed E-state index contributed by atoms with van der Waals surface area (Å²) in [6.45, 7) is 4.72. The van der Waals surface area contributed by atoms with Gasteiger partial charge in [-0.2, -0.15) is 0 Å². The van der Waals surface area contributed by atoms with Crippen molar-refractivity contribution in [2.45, 2.75) is 56.2 Å². The molecule has 1 fully saturated rings. The first-order valence-electron chi connectivity index (χ1n) is 10.2. The summed E-state index contributed by atoms with van der Waals surface area (Å²) < 4.78 is 4.68. The Morgan fingerprint density at radius 2 is 1.75 bits per heavy atom. The van der Waals surface area contributed by atoms with Crippen molar-refractivity contribution in [2.24, 2.45) is 11.8 Å². The fourth-order valence-electron chi connectivity index (χ4n) is 4.61. The monoisotopic (exact) mass is 395 g/mol. The van der Waals surface area contributed by atoms with Gasteiger partial charge in [0, 0.05) is 42.0 Å². The van der Waals surface area contributed by atoms with E-state index in [0.717, 1.165) is 11.4 Å². The van der Waals surface area contributed by atoms with Gasteiger partial charge in [0.15, 0.2) is 0 Å². The molecule has 0 spiro atoms. The molecule has 0 bridgehead atoms. The minimum atomic E-state index is 0.348. The SMILES string of the molecule is CC(C)C1CCCC(SCc2ccccn2)C(n2ccnc2)C1n1ccnc1. The molecule has 0 amide bonds. The van der Waals surface area contributed by atoms with Gasteiger partial charge in [-0.25, -0.2) is 9.97 Å². The van der Waals surface area contributed by atoms with Crippen LogP contribution in [0.1, 0.15) is 50.9 Å². The van der Waals surface area contributed by atoms with Crippen molar-refractivity contribution in [2.75, 3.05) is 0 Å². The first-order chi connectivity index (χ1) is 13.7. The van der Waals surface area contributed by atoms with Crippen LogP contribution in [0.25, 0.3) is 0 Å². The second-order valence-corrected chi connectivity index (χ2v) is 9.24. The second kappa shape index (κ2) is 8.95. The van der Waals surface area contributed by atoms with Crippen LogP contribution in [0, 0.1) is 11.8 Å². The van der Waals surface area contributed by atoms with Crippen molar-refractivity contribution in [3.63, 3.8) is 0 Å². The number of aromatic nitrogens is 5. The molecule has 4 unspecified atom stereocenters. The predicted octanol–water partition coefficient (Wildman–Crippen LogP) is 5.02. The lowest BCUT2D eigenvalue weighted by molar-refractivity contribution is 0.187. The van der Waals surface area contributed by atoms with Crippen LogP contribution >= 0.6 is 11.8 Å². The molecule has 0 N–H and O–H groups in total. The molecule has 1 saturated carbocycles. The van der Waals surface area contributed by atoms with Crippen molar-refractivity contribution < 1.29 is 0 Å². The molecule has 1 aliphatic carbocycles. The number of imidazole rings is 2. The quantitative estimate of drug-likeness (QED) is 0.550. The lowest BCUT2D eigenvalue weighted by Crippen LogP contribution is -2.34. The van der Waals surface area contributed by atoms with E-state index in [2.05, 4.69) is 62.5 Å². The zero-order chi connectivity index (χ0) is 19.3. The van der Waals surface area contributed by atoms with E-state index in [4.69, 9.17) is 0 Å². The topological polar surface area (TPSA) is 48.5 Å². The highest BCUT2D eigenvalue weighted by Crippen LogP contribution is 2.47. The second-order valence-electron chi connectivity index (χ2n) is 8.01. The number of hydrogen-bond donors (Lipinski definition) is 0. The molecule has 3 aromatic heterocycles. The molecule has 3 heterocycles. The van der Waals surface area contributed by atoms with Crippen LogP contribution in [-0.2, 0) is 5.75 Å². The average molecular weight is 396 g/mol. The van der Waals surface area contributed by atoms with E-state index in [1.54, 1.807) is 0 Å². The van der Waals surface area contributed by atoms with E-state index < -0.39 is 0 Å². The summed E-state index contributed by atoms with van der Waals surface area (Å²) in [4.78, 5) is 13.3. The van der Waals surface area contributed by atoms with Crippen molar-refractivity contribution in [3.05, 3.63) is 67.5 Å². The largest absolute Gasteiger partial charge is 0.332 e. The van der Waals surface area contributed by atoms with Gasteiger partial charge in [0.1, 0.15) is 0 Å². The lowest BCUT2D eigenvalue weighted by atomic mass is 9.82. The van der Waals surface area contributed by atoms with Crippen LogP contribution in [-0.4, -0.2) is 29.3 Å². The normalized spacial score (nSPS) is 25.7. The number of thioether (sulfide) groups is 1. The molecule has 5 nitrogen and oxygen atoms in total. The molecular weight excluding hydrogens is 366 g/mol. The molecule has 0 radical (unpaired) electrons. The molecule has 3 aromatic rings. The fourth-order valence-corrected chi connectivity index (χ4v) is 6.00. The Labute approximate surface area is 171 Å². The summed E-state index contributed by atoms with van der Waals surface area (Å²) in [5.74, 6) is 2.18. The Morgan fingerprint density at radius 3 is 2.36 bits per heavy atom. The van der Waals surface area contributed by atoms with Crippen LogP contribution < -0.4 is 0 Å². The minimum absolute atomic E-state index is 0.348. The van der Waals surface area contributed by atoms with Crippen LogP contribution in [0.5, 0.6) is 0 Å². The van der Waals surface area contributed by atoms with Crippen molar-refractivity contribution in [3.8, 4) is 0 Å². The number of nitrogens with zero attached hydrogens (tertiary/aromatic N) is 5. The average Bonchev–Trinajstić information content (AvgIpc) is 3.39. The summed E-state index contributed by atoms with van der Waals surface area (Å²) in [7, 11) is 0. The van der Waals surface area contributed by atoms with Crippen LogP contribution in [0.2, 0.25) is 0 Å². The first-order valence-corrected chi connectivity index (χ1v) is 11.3. The Bertz CT molecular complexity index is 816. The molecule has 4 rings (SSSR count). The van der Waals surface area contributed by atoms with Crippen LogP contribution in [0.4, 0.5) is 0 Å². The Morgan fingerprint density at radius 1 is 1.00 bits per heavy atom. The molecule has 1 aliphatic rings. The minimum Gasteiger partial charge on any atom is -0.332 e. The van der Waals surface area contributed by atoms with Gasteiger partial charge in [-0.15, -0.1) is 11.8 Å². The van der Waals surface area contributed by atoms with E-state index in [0.29, 0.717) is 29.2 Å². The lowest BCUT2D eigenvalue weighted by Gasteiger charge is -2.38. The van der Waals surface area contributed by atoms with Gasteiger partial charge in [-0.3, -0.25) is 4.98 Å². The summed E-state index contributed by atoms with van der Waals surface area (Å²) in [6, 6.07) is 6.91. The summed E-state index contributed by atoms with van der Waals surface area (Å²) in [5, 5.41) is 0.507. The van der Waals surface area contributed by atoms with Gasteiger partial charge in [-0.1, -0.05) is 26.3 Å². The van der Waals surface area contributed by atoms with Gasteiger partial charge in [0.25, 0.3) is 0 Å². The number of rotatable bonds is 6.